The number of benzene rings is 2. The van der Waals surface area contributed by atoms with Gasteiger partial charge in [0.1, 0.15) is 0 Å². The zero-order valence-corrected chi connectivity index (χ0v) is 16.6. The largest absolute Gasteiger partial charge is 0.370 e. The van der Waals surface area contributed by atoms with Crippen molar-refractivity contribution >= 4 is 0 Å². The molecule has 0 spiro atoms. The van der Waals surface area contributed by atoms with Gasteiger partial charge in [0.25, 0.3) is 0 Å². The van der Waals surface area contributed by atoms with E-state index in [2.05, 4.69) is 65.0 Å². The normalized spacial score (nSPS) is 17.2. The predicted octanol–water partition coefficient (Wildman–Crippen LogP) is 4.75. The van der Waals surface area contributed by atoms with Gasteiger partial charge in [0.2, 0.25) is 0 Å². The smallest absolute Gasteiger partial charge is 0.0956 e. The van der Waals surface area contributed by atoms with Gasteiger partial charge in [-0.15, -0.1) is 0 Å². The lowest BCUT2D eigenvalue weighted by atomic mass is 10.1. The van der Waals surface area contributed by atoms with Crippen molar-refractivity contribution in [2.75, 3.05) is 13.6 Å². The number of aryl methyl sites for hydroxylation is 1. The Morgan fingerprint density at radius 3 is 2.46 bits per heavy atom. The molecule has 4 heteroatoms. The van der Waals surface area contributed by atoms with Gasteiger partial charge in [-0.05, 0) is 38.4 Å². The van der Waals surface area contributed by atoms with Gasteiger partial charge in [0.15, 0.2) is 0 Å². The monoisotopic (exact) mass is 375 g/mol. The molecule has 0 bridgehead atoms. The summed E-state index contributed by atoms with van der Waals surface area (Å²) in [5.74, 6) is 0. The lowest BCUT2D eigenvalue weighted by molar-refractivity contribution is 0.102. The highest BCUT2D eigenvalue weighted by Gasteiger charge is 2.21. The minimum Gasteiger partial charge on any atom is -0.370 e. The molecule has 2 heterocycles. The van der Waals surface area contributed by atoms with E-state index in [0.29, 0.717) is 19.3 Å². The highest BCUT2D eigenvalue weighted by Crippen LogP contribution is 2.25. The average molecular weight is 376 g/mol. The van der Waals surface area contributed by atoms with E-state index in [0.717, 1.165) is 24.2 Å². The molecular formula is C24H29N3O. The fourth-order valence-corrected chi connectivity index (χ4v) is 4.06. The second-order valence-corrected chi connectivity index (χ2v) is 7.64. The Bertz CT molecular complexity index is 860. The van der Waals surface area contributed by atoms with Crippen LogP contribution in [0, 0.1) is 0 Å². The number of likely N-dealkylation sites (tertiary alicyclic amines) is 1. The molecule has 1 atom stereocenters. The summed E-state index contributed by atoms with van der Waals surface area (Å²) in [6.45, 7) is 3.39. The number of rotatable bonds is 8. The SMILES string of the molecule is CN1CCCC1CCn1cnc(-c2ccccc2)c1COCc1ccccc1. The Kier molecular flexibility index (Phi) is 6.20. The third-order valence-corrected chi connectivity index (χ3v) is 5.72. The minimum atomic E-state index is 0.569. The van der Waals surface area contributed by atoms with Gasteiger partial charge in [-0.2, -0.15) is 0 Å². The van der Waals surface area contributed by atoms with E-state index >= 15 is 0 Å². The van der Waals surface area contributed by atoms with Crippen molar-refractivity contribution in [2.24, 2.45) is 0 Å². The number of aromatic nitrogens is 2. The molecule has 1 unspecified atom stereocenters. The van der Waals surface area contributed by atoms with Gasteiger partial charge in [-0.1, -0.05) is 60.7 Å². The van der Waals surface area contributed by atoms with Crippen molar-refractivity contribution < 1.29 is 4.74 Å². The Morgan fingerprint density at radius 2 is 1.75 bits per heavy atom. The van der Waals surface area contributed by atoms with Crippen LogP contribution in [0.25, 0.3) is 11.3 Å². The van der Waals surface area contributed by atoms with Gasteiger partial charge in [0, 0.05) is 18.2 Å². The Morgan fingerprint density at radius 1 is 1.00 bits per heavy atom. The van der Waals surface area contributed by atoms with E-state index in [4.69, 9.17) is 9.72 Å². The number of imidazole rings is 1. The number of hydrogen-bond acceptors (Lipinski definition) is 3. The van der Waals surface area contributed by atoms with Crippen LogP contribution >= 0.6 is 0 Å². The van der Waals surface area contributed by atoms with E-state index in [1.165, 1.54) is 30.6 Å². The van der Waals surface area contributed by atoms with E-state index < -0.39 is 0 Å². The zero-order valence-electron chi connectivity index (χ0n) is 16.6. The van der Waals surface area contributed by atoms with Crippen LogP contribution in [-0.4, -0.2) is 34.1 Å². The van der Waals surface area contributed by atoms with E-state index in [1.54, 1.807) is 0 Å². The molecule has 1 aromatic heterocycles. The maximum atomic E-state index is 6.09. The standard InChI is InChI=1S/C24H29N3O/c1-26-15-8-13-22(26)14-16-27-19-25-24(21-11-6-3-7-12-21)23(27)18-28-17-20-9-4-2-5-10-20/h2-7,9-12,19,22H,8,13-18H2,1H3. The first-order valence-corrected chi connectivity index (χ1v) is 10.2. The molecule has 0 N–H and O–H groups in total. The second-order valence-electron chi connectivity index (χ2n) is 7.64. The molecule has 1 aliphatic rings. The molecule has 4 rings (SSSR count). The second kappa shape index (κ2) is 9.18. The van der Waals surface area contributed by atoms with E-state index in [-0.39, 0.29) is 0 Å². The van der Waals surface area contributed by atoms with Gasteiger partial charge in [-0.3, -0.25) is 0 Å². The van der Waals surface area contributed by atoms with E-state index in [9.17, 15) is 0 Å². The molecule has 0 saturated carbocycles. The van der Waals surface area contributed by atoms with Crippen LogP contribution in [0.5, 0.6) is 0 Å². The van der Waals surface area contributed by atoms with Gasteiger partial charge < -0.3 is 14.2 Å². The lowest BCUT2D eigenvalue weighted by Crippen LogP contribution is -2.26. The van der Waals surface area contributed by atoms with E-state index in [1.807, 2.05) is 18.5 Å². The lowest BCUT2D eigenvalue weighted by Gasteiger charge is -2.20. The molecule has 1 aliphatic heterocycles. The first-order chi connectivity index (χ1) is 13.8. The fraction of sp³-hybridized carbons (Fsp3) is 0.375. The predicted molar refractivity (Wildman–Crippen MR) is 113 cm³/mol. The van der Waals surface area contributed by atoms with Crippen LogP contribution in [0.3, 0.4) is 0 Å². The van der Waals surface area contributed by atoms with Crippen LogP contribution in [0.1, 0.15) is 30.5 Å². The summed E-state index contributed by atoms with van der Waals surface area (Å²) in [6, 6.07) is 21.4. The molecule has 1 fully saturated rings. The number of ether oxygens (including phenoxy) is 1. The number of hydrogen-bond donors (Lipinski definition) is 0. The summed E-state index contributed by atoms with van der Waals surface area (Å²) >= 11 is 0. The third-order valence-electron chi connectivity index (χ3n) is 5.72. The maximum absolute atomic E-state index is 6.09. The van der Waals surface area contributed by atoms with Gasteiger partial charge >= 0.3 is 0 Å². The molecule has 0 aliphatic carbocycles. The Hall–Kier alpha value is -2.43. The summed E-state index contributed by atoms with van der Waals surface area (Å²) in [5, 5.41) is 0. The molecule has 1 saturated heterocycles. The molecule has 146 valence electrons. The summed E-state index contributed by atoms with van der Waals surface area (Å²) in [7, 11) is 2.24. The summed E-state index contributed by atoms with van der Waals surface area (Å²) < 4.78 is 8.38. The molecular weight excluding hydrogens is 346 g/mol. The molecule has 28 heavy (non-hydrogen) atoms. The van der Waals surface area contributed by atoms with Crippen molar-refractivity contribution in [3.8, 4) is 11.3 Å². The van der Waals surface area contributed by atoms with Crippen LogP contribution < -0.4 is 0 Å². The summed E-state index contributed by atoms with van der Waals surface area (Å²) in [6.07, 6.45) is 5.76. The summed E-state index contributed by atoms with van der Waals surface area (Å²) in [5.41, 5.74) is 4.55. The van der Waals surface area contributed by atoms with Crippen molar-refractivity contribution in [1.82, 2.24) is 14.5 Å². The molecule has 0 radical (unpaired) electrons. The first kappa shape index (κ1) is 18.9. The zero-order chi connectivity index (χ0) is 19.2. The molecule has 2 aromatic carbocycles. The van der Waals surface area contributed by atoms with Crippen molar-refractivity contribution in [3.63, 3.8) is 0 Å². The van der Waals surface area contributed by atoms with Crippen molar-refractivity contribution in [2.45, 2.75) is 45.1 Å². The van der Waals surface area contributed by atoms with Crippen LogP contribution in [0.2, 0.25) is 0 Å². The van der Waals surface area contributed by atoms with Crippen molar-refractivity contribution in [1.29, 1.82) is 0 Å². The highest BCUT2D eigenvalue weighted by molar-refractivity contribution is 5.61. The quantitative estimate of drug-likeness (QED) is 0.569. The maximum Gasteiger partial charge on any atom is 0.0956 e. The van der Waals surface area contributed by atoms with Crippen molar-refractivity contribution in [3.05, 3.63) is 78.2 Å². The topological polar surface area (TPSA) is 30.3 Å². The molecule has 4 nitrogen and oxygen atoms in total. The highest BCUT2D eigenvalue weighted by atomic mass is 16.5. The number of nitrogens with zero attached hydrogens (tertiary/aromatic N) is 3. The van der Waals surface area contributed by atoms with Crippen LogP contribution in [-0.2, 0) is 24.5 Å². The Labute approximate surface area is 167 Å². The van der Waals surface area contributed by atoms with Gasteiger partial charge in [0.05, 0.1) is 30.9 Å². The molecule has 0 amide bonds. The van der Waals surface area contributed by atoms with Crippen LogP contribution in [0.15, 0.2) is 67.0 Å². The molecule has 3 aromatic rings. The average Bonchev–Trinajstić information content (AvgIpc) is 3.34. The fourth-order valence-electron chi connectivity index (χ4n) is 4.06. The minimum absolute atomic E-state index is 0.569. The van der Waals surface area contributed by atoms with Crippen LogP contribution in [0.4, 0.5) is 0 Å². The summed E-state index contributed by atoms with van der Waals surface area (Å²) in [4.78, 5) is 7.23. The van der Waals surface area contributed by atoms with Gasteiger partial charge in [-0.25, -0.2) is 4.98 Å². The Balaban J connectivity index is 1.49. The third kappa shape index (κ3) is 4.51. The first-order valence-electron chi connectivity index (χ1n) is 10.2.